The van der Waals surface area contributed by atoms with Gasteiger partial charge in [0.25, 0.3) is 0 Å². The van der Waals surface area contributed by atoms with Crippen LogP contribution in [0.15, 0.2) is 59.7 Å². The molecule has 2 aromatic heterocycles. The summed E-state index contributed by atoms with van der Waals surface area (Å²) in [5.41, 5.74) is 0.694. The highest BCUT2D eigenvalue weighted by molar-refractivity contribution is 6.32. The fourth-order valence-corrected chi connectivity index (χ4v) is 3.57. The molecule has 164 valence electrons. The van der Waals surface area contributed by atoms with E-state index in [2.05, 4.69) is 15.5 Å². The van der Waals surface area contributed by atoms with Crippen molar-refractivity contribution in [3.8, 4) is 11.4 Å². The largest absolute Gasteiger partial charge is 0.495 e. The zero-order chi connectivity index (χ0) is 22.7. The number of amides is 1. The molecule has 8 nitrogen and oxygen atoms in total. The number of carbonyl (C=O) groups excluding carboxylic acids is 1. The van der Waals surface area contributed by atoms with E-state index < -0.39 is 11.4 Å². The number of halogens is 2. The molecule has 4 rings (SSSR count). The van der Waals surface area contributed by atoms with Gasteiger partial charge in [-0.25, -0.2) is 4.39 Å². The molecule has 1 amide bonds. The number of hydrogen-bond acceptors (Lipinski definition) is 5. The normalized spacial score (nSPS) is 11.0. The van der Waals surface area contributed by atoms with Crippen molar-refractivity contribution in [1.82, 2.24) is 19.2 Å². The van der Waals surface area contributed by atoms with Crippen LogP contribution in [0.25, 0.3) is 11.3 Å². The van der Waals surface area contributed by atoms with Crippen molar-refractivity contribution in [2.75, 3.05) is 12.4 Å². The predicted molar refractivity (Wildman–Crippen MR) is 118 cm³/mol. The Hall–Kier alpha value is -3.72. The van der Waals surface area contributed by atoms with E-state index in [4.69, 9.17) is 16.3 Å². The van der Waals surface area contributed by atoms with Crippen molar-refractivity contribution in [3.05, 3.63) is 81.9 Å². The summed E-state index contributed by atoms with van der Waals surface area (Å²) in [6.45, 7) is 0. The highest BCUT2D eigenvalue weighted by Gasteiger charge is 2.13. The zero-order valence-electron chi connectivity index (χ0n) is 17.1. The van der Waals surface area contributed by atoms with Crippen LogP contribution in [0.2, 0.25) is 5.02 Å². The molecule has 0 bridgehead atoms. The topological polar surface area (TPSA) is 90.5 Å². The van der Waals surface area contributed by atoms with Gasteiger partial charge in [0.1, 0.15) is 17.4 Å². The van der Waals surface area contributed by atoms with E-state index in [9.17, 15) is 14.0 Å². The molecule has 0 atom stereocenters. The smallest absolute Gasteiger partial charge is 0.300 e. The van der Waals surface area contributed by atoms with E-state index in [1.165, 1.54) is 36.1 Å². The maximum atomic E-state index is 13.5. The Kier molecular flexibility index (Phi) is 6.18. The van der Waals surface area contributed by atoms with Crippen LogP contribution in [-0.2, 0) is 11.2 Å². The van der Waals surface area contributed by atoms with Crippen LogP contribution in [0.3, 0.4) is 0 Å². The number of nitrogens with one attached hydrogen (secondary N) is 1. The third-order valence-electron chi connectivity index (χ3n) is 4.87. The van der Waals surface area contributed by atoms with Crippen LogP contribution in [0, 0.1) is 5.82 Å². The minimum Gasteiger partial charge on any atom is -0.495 e. The van der Waals surface area contributed by atoms with Crippen molar-refractivity contribution in [2.24, 2.45) is 0 Å². The summed E-state index contributed by atoms with van der Waals surface area (Å²) in [5, 5.41) is 11.3. The third kappa shape index (κ3) is 4.47. The summed E-state index contributed by atoms with van der Waals surface area (Å²) in [7, 11) is 1.52. The summed E-state index contributed by atoms with van der Waals surface area (Å²) in [4.78, 5) is 25.0. The summed E-state index contributed by atoms with van der Waals surface area (Å²) < 4.78 is 21.5. The second kappa shape index (κ2) is 9.19. The molecule has 2 aromatic carbocycles. The number of rotatable bonds is 7. The average Bonchev–Trinajstić information content (AvgIpc) is 3.18. The molecule has 0 aliphatic carbocycles. The predicted octanol–water partition coefficient (Wildman–Crippen LogP) is 3.64. The van der Waals surface area contributed by atoms with E-state index in [0.717, 1.165) is 0 Å². The van der Waals surface area contributed by atoms with E-state index in [0.29, 0.717) is 40.8 Å². The molecule has 0 unspecified atom stereocenters. The first-order chi connectivity index (χ1) is 15.5. The molecule has 0 saturated carbocycles. The molecule has 0 fully saturated rings. The monoisotopic (exact) mass is 455 g/mol. The van der Waals surface area contributed by atoms with Gasteiger partial charge in [0.15, 0.2) is 0 Å². The lowest BCUT2D eigenvalue weighted by molar-refractivity contribution is -0.116. The van der Waals surface area contributed by atoms with E-state index in [-0.39, 0.29) is 18.0 Å². The first-order valence-electron chi connectivity index (χ1n) is 9.81. The third-order valence-corrected chi connectivity index (χ3v) is 5.16. The molecule has 0 aliphatic rings. The van der Waals surface area contributed by atoms with Crippen LogP contribution in [0.5, 0.6) is 5.75 Å². The zero-order valence-corrected chi connectivity index (χ0v) is 17.8. The lowest BCUT2D eigenvalue weighted by Gasteiger charge is -2.08. The Morgan fingerprint density at radius 2 is 2.03 bits per heavy atom. The van der Waals surface area contributed by atoms with Crippen molar-refractivity contribution >= 4 is 28.8 Å². The molecule has 0 saturated heterocycles. The maximum Gasteiger partial charge on any atom is 0.300 e. The molecular formula is C22H19ClFN5O3. The highest BCUT2D eigenvalue weighted by atomic mass is 35.5. The standard InChI is InChI=1S/C22H19ClFN5O3/c1-32-18-9-8-15(13-17(18)23)25-20(30)7-3-6-19-26-27-21-22(31)28(10-11-29(19)21)16-5-2-4-14(24)12-16/h2,4-5,8-13H,3,6-7H2,1H3,(H,25,30). The van der Waals surface area contributed by atoms with Gasteiger partial charge in [-0.1, -0.05) is 17.7 Å². The molecule has 4 aromatic rings. The van der Waals surface area contributed by atoms with E-state index in [1.807, 2.05) is 0 Å². The lowest BCUT2D eigenvalue weighted by Crippen LogP contribution is -2.20. The molecular weight excluding hydrogens is 437 g/mol. The quantitative estimate of drug-likeness (QED) is 0.459. The Morgan fingerprint density at radius 3 is 2.78 bits per heavy atom. The molecule has 1 N–H and O–H groups in total. The van der Waals surface area contributed by atoms with Gasteiger partial charge < -0.3 is 10.1 Å². The van der Waals surface area contributed by atoms with Gasteiger partial charge in [-0.3, -0.25) is 18.6 Å². The molecule has 2 heterocycles. The second-order valence-electron chi connectivity index (χ2n) is 7.01. The minimum atomic E-state index is -0.438. The van der Waals surface area contributed by atoms with Crippen LogP contribution < -0.4 is 15.6 Å². The van der Waals surface area contributed by atoms with Gasteiger partial charge in [-0.15, -0.1) is 10.2 Å². The number of benzene rings is 2. The second-order valence-corrected chi connectivity index (χ2v) is 7.42. The Labute approximate surface area is 187 Å². The number of ether oxygens (including phenoxy) is 1. The molecule has 0 radical (unpaired) electrons. The van der Waals surface area contributed by atoms with Crippen molar-refractivity contribution in [1.29, 1.82) is 0 Å². The maximum absolute atomic E-state index is 13.5. The van der Waals surface area contributed by atoms with Gasteiger partial charge in [-0.05, 0) is 42.8 Å². The van der Waals surface area contributed by atoms with Crippen LogP contribution in [0.1, 0.15) is 18.7 Å². The number of hydrogen-bond donors (Lipinski definition) is 1. The Morgan fingerprint density at radius 1 is 1.19 bits per heavy atom. The van der Waals surface area contributed by atoms with Gasteiger partial charge in [-0.2, -0.15) is 0 Å². The Balaban J connectivity index is 1.42. The number of fused-ring (bicyclic) bond motifs is 1. The first kappa shape index (κ1) is 21.5. The molecule has 32 heavy (non-hydrogen) atoms. The Bertz CT molecular complexity index is 1350. The number of aryl methyl sites for hydroxylation is 1. The first-order valence-corrected chi connectivity index (χ1v) is 10.2. The van der Waals surface area contributed by atoms with Crippen LogP contribution >= 0.6 is 11.6 Å². The summed E-state index contributed by atoms with van der Waals surface area (Å²) in [6.07, 6.45) is 4.39. The van der Waals surface area contributed by atoms with Crippen molar-refractivity contribution < 1.29 is 13.9 Å². The van der Waals surface area contributed by atoms with Crippen molar-refractivity contribution in [2.45, 2.75) is 19.3 Å². The number of carbonyl (C=O) groups is 1. The minimum absolute atomic E-state index is 0.129. The summed E-state index contributed by atoms with van der Waals surface area (Å²) in [5.74, 6) is 0.476. The number of anilines is 1. The van der Waals surface area contributed by atoms with E-state index in [1.54, 1.807) is 34.9 Å². The van der Waals surface area contributed by atoms with E-state index >= 15 is 0 Å². The molecule has 0 aliphatic heterocycles. The number of methoxy groups -OCH3 is 1. The average molecular weight is 456 g/mol. The lowest BCUT2D eigenvalue weighted by atomic mass is 10.2. The van der Waals surface area contributed by atoms with Gasteiger partial charge in [0, 0.05) is 30.9 Å². The fraction of sp³-hybridized carbons (Fsp3) is 0.182. The summed E-state index contributed by atoms with van der Waals surface area (Å²) >= 11 is 6.07. The molecule has 0 spiro atoms. The van der Waals surface area contributed by atoms with Crippen LogP contribution in [-0.4, -0.2) is 32.2 Å². The highest BCUT2D eigenvalue weighted by Crippen LogP contribution is 2.27. The van der Waals surface area contributed by atoms with Gasteiger partial charge in [0.2, 0.25) is 11.6 Å². The number of nitrogens with zero attached hydrogens (tertiary/aromatic N) is 4. The van der Waals surface area contributed by atoms with Crippen molar-refractivity contribution in [3.63, 3.8) is 0 Å². The SMILES string of the molecule is COc1ccc(NC(=O)CCCc2nnc3c(=O)n(-c4cccc(F)c4)ccn23)cc1Cl. The van der Waals surface area contributed by atoms with Gasteiger partial charge in [0.05, 0.1) is 17.8 Å². The fourth-order valence-electron chi connectivity index (χ4n) is 3.31. The molecule has 10 heteroatoms. The summed E-state index contributed by atoms with van der Waals surface area (Å²) in [6, 6.07) is 10.7. The number of aromatic nitrogens is 4. The van der Waals surface area contributed by atoms with Crippen LogP contribution in [0.4, 0.5) is 10.1 Å². The van der Waals surface area contributed by atoms with Gasteiger partial charge >= 0.3 is 5.56 Å².